The largest absolute Gasteiger partial charge is 0.289 e. The first-order valence-electron chi connectivity index (χ1n) is 6.62. The molecule has 3 heterocycles. The number of aromatic nitrogens is 4. The first-order valence-corrected chi connectivity index (χ1v) is 8.29. The molecule has 1 fully saturated rings. The van der Waals surface area contributed by atoms with E-state index < -0.39 is 13.0 Å². The van der Waals surface area contributed by atoms with E-state index in [0.717, 1.165) is 23.1 Å². The monoisotopic (exact) mass is 355 g/mol. The Balaban J connectivity index is 1.91. The van der Waals surface area contributed by atoms with Crippen molar-refractivity contribution in [2.75, 3.05) is 19.6 Å². The van der Waals surface area contributed by atoms with Crippen LogP contribution in [0.3, 0.4) is 0 Å². The number of Topliss-reactive ketones (excluding diaryl/α,β-unsaturated/α-hetero) is 1. The third-order valence-corrected chi connectivity index (χ3v) is 4.21. The molecule has 10 heteroatoms. The number of alkyl halides is 2. The number of hydrogen-bond acceptors (Lipinski definition) is 8. The molecular formula is C13H11F2N5OS2. The SMILES string of the molecule is O=C1/C(=C\c2csnn2)CN(CC(F)F)C/C1=C/c1csnn1. The van der Waals surface area contributed by atoms with Gasteiger partial charge in [0.05, 0.1) is 17.9 Å². The zero-order valence-electron chi connectivity index (χ0n) is 11.7. The maximum absolute atomic E-state index is 12.7. The van der Waals surface area contributed by atoms with Crippen LogP contribution in [0.25, 0.3) is 12.2 Å². The van der Waals surface area contributed by atoms with Crippen LogP contribution in [0, 0.1) is 0 Å². The Labute approximate surface area is 138 Å². The number of hydrogen-bond donors (Lipinski definition) is 0. The van der Waals surface area contributed by atoms with Crippen LogP contribution in [-0.4, -0.2) is 55.9 Å². The summed E-state index contributed by atoms with van der Waals surface area (Å²) < 4.78 is 32.9. The number of halogens is 2. The molecule has 0 N–H and O–H groups in total. The van der Waals surface area contributed by atoms with Crippen LogP contribution in [0.1, 0.15) is 11.4 Å². The lowest BCUT2D eigenvalue weighted by Crippen LogP contribution is -2.40. The predicted octanol–water partition coefficient (Wildman–Crippen LogP) is 2.01. The zero-order chi connectivity index (χ0) is 16.2. The molecule has 0 amide bonds. The van der Waals surface area contributed by atoms with Crippen molar-refractivity contribution in [1.29, 1.82) is 0 Å². The number of piperidine rings is 1. The highest BCUT2D eigenvalue weighted by Gasteiger charge is 2.28. The fraction of sp³-hybridized carbons (Fsp3) is 0.308. The van der Waals surface area contributed by atoms with Gasteiger partial charge in [-0.1, -0.05) is 8.98 Å². The summed E-state index contributed by atoms with van der Waals surface area (Å²) in [6.07, 6.45) is 0.722. The van der Waals surface area contributed by atoms with Gasteiger partial charge in [0.1, 0.15) is 0 Å². The molecule has 23 heavy (non-hydrogen) atoms. The lowest BCUT2D eigenvalue weighted by atomic mass is 9.96. The normalized spacial score (nSPS) is 20.0. The second-order valence-corrected chi connectivity index (χ2v) is 6.11. The average Bonchev–Trinajstić information content (AvgIpc) is 3.16. The van der Waals surface area contributed by atoms with Gasteiger partial charge in [-0.3, -0.25) is 9.69 Å². The van der Waals surface area contributed by atoms with Crippen LogP contribution < -0.4 is 0 Å². The second kappa shape index (κ2) is 7.11. The summed E-state index contributed by atoms with van der Waals surface area (Å²) in [6, 6.07) is 0. The fourth-order valence-corrected chi connectivity index (χ4v) is 3.08. The average molecular weight is 355 g/mol. The van der Waals surface area contributed by atoms with E-state index in [0.29, 0.717) is 22.5 Å². The molecule has 0 bridgehead atoms. The van der Waals surface area contributed by atoms with Crippen molar-refractivity contribution in [3.8, 4) is 0 Å². The summed E-state index contributed by atoms with van der Waals surface area (Å²) in [4.78, 5) is 14.1. The third-order valence-electron chi connectivity index (χ3n) is 3.17. The van der Waals surface area contributed by atoms with Crippen LogP contribution in [0.2, 0.25) is 0 Å². The summed E-state index contributed by atoms with van der Waals surface area (Å²) >= 11 is 2.33. The highest BCUT2D eigenvalue weighted by Crippen LogP contribution is 2.22. The maximum atomic E-state index is 12.7. The summed E-state index contributed by atoms with van der Waals surface area (Å²) in [7, 11) is 0. The van der Waals surface area contributed by atoms with Crippen molar-refractivity contribution >= 4 is 41.0 Å². The Morgan fingerprint density at radius 1 is 1.09 bits per heavy atom. The molecule has 1 aliphatic heterocycles. The lowest BCUT2D eigenvalue weighted by molar-refractivity contribution is -0.113. The van der Waals surface area contributed by atoms with E-state index in [1.807, 2.05) is 0 Å². The van der Waals surface area contributed by atoms with Gasteiger partial charge in [-0.2, -0.15) is 0 Å². The van der Waals surface area contributed by atoms with Gasteiger partial charge in [-0.15, -0.1) is 10.2 Å². The third kappa shape index (κ3) is 4.09. The number of nitrogens with zero attached hydrogens (tertiary/aromatic N) is 5. The molecule has 0 radical (unpaired) electrons. The molecule has 2 aromatic heterocycles. The fourth-order valence-electron chi connectivity index (χ4n) is 2.26. The smallest absolute Gasteiger partial charge is 0.251 e. The second-order valence-electron chi connectivity index (χ2n) is 4.89. The Kier molecular flexibility index (Phi) is 4.94. The van der Waals surface area contributed by atoms with Crippen molar-refractivity contribution in [2.24, 2.45) is 0 Å². The van der Waals surface area contributed by atoms with E-state index in [-0.39, 0.29) is 18.9 Å². The van der Waals surface area contributed by atoms with E-state index in [9.17, 15) is 13.6 Å². The van der Waals surface area contributed by atoms with Gasteiger partial charge in [0.2, 0.25) is 0 Å². The number of ketones is 1. The molecule has 0 unspecified atom stereocenters. The Morgan fingerprint density at radius 2 is 1.61 bits per heavy atom. The van der Waals surface area contributed by atoms with Crippen molar-refractivity contribution in [3.63, 3.8) is 0 Å². The zero-order valence-corrected chi connectivity index (χ0v) is 13.4. The van der Waals surface area contributed by atoms with Gasteiger partial charge < -0.3 is 0 Å². The molecule has 1 saturated heterocycles. The minimum Gasteiger partial charge on any atom is -0.289 e. The molecule has 6 nitrogen and oxygen atoms in total. The molecule has 0 atom stereocenters. The molecular weight excluding hydrogens is 344 g/mol. The lowest BCUT2D eigenvalue weighted by Gasteiger charge is -2.29. The van der Waals surface area contributed by atoms with Gasteiger partial charge in [-0.25, -0.2) is 8.78 Å². The molecule has 0 saturated carbocycles. The Bertz CT molecular complexity index is 671. The maximum Gasteiger partial charge on any atom is 0.251 e. The van der Waals surface area contributed by atoms with Crippen molar-refractivity contribution in [2.45, 2.75) is 6.43 Å². The first kappa shape index (κ1) is 16.0. The number of likely N-dealkylation sites (tertiary alicyclic amines) is 1. The van der Waals surface area contributed by atoms with E-state index >= 15 is 0 Å². The van der Waals surface area contributed by atoms with Gasteiger partial charge in [0.25, 0.3) is 6.43 Å². The number of carbonyl (C=O) groups excluding carboxylic acids is 1. The van der Waals surface area contributed by atoms with Crippen LogP contribution in [0.15, 0.2) is 21.9 Å². The van der Waals surface area contributed by atoms with Crippen LogP contribution in [-0.2, 0) is 4.79 Å². The number of carbonyl (C=O) groups is 1. The highest BCUT2D eigenvalue weighted by atomic mass is 32.1. The minimum absolute atomic E-state index is 0.160. The molecule has 0 aromatic carbocycles. The van der Waals surface area contributed by atoms with Gasteiger partial charge >= 0.3 is 0 Å². The van der Waals surface area contributed by atoms with Crippen molar-refractivity contribution in [1.82, 2.24) is 24.1 Å². The van der Waals surface area contributed by atoms with Crippen LogP contribution in [0.4, 0.5) is 8.78 Å². The topological polar surface area (TPSA) is 71.9 Å². The van der Waals surface area contributed by atoms with E-state index in [1.54, 1.807) is 22.9 Å². The predicted molar refractivity (Wildman–Crippen MR) is 83.2 cm³/mol. The first-order chi connectivity index (χ1) is 11.1. The summed E-state index contributed by atoms with van der Waals surface area (Å²) in [5.41, 5.74) is 1.93. The quantitative estimate of drug-likeness (QED) is 0.781. The molecule has 120 valence electrons. The summed E-state index contributed by atoms with van der Waals surface area (Å²) in [5, 5.41) is 11.1. The van der Waals surface area contributed by atoms with Crippen molar-refractivity contribution < 1.29 is 13.6 Å². The van der Waals surface area contributed by atoms with Gasteiger partial charge in [0, 0.05) is 35.0 Å². The number of rotatable bonds is 4. The highest BCUT2D eigenvalue weighted by molar-refractivity contribution is 7.03. The van der Waals surface area contributed by atoms with Crippen LogP contribution >= 0.6 is 23.1 Å². The van der Waals surface area contributed by atoms with Gasteiger partial charge in [0.15, 0.2) is 5.78 Å². The summed E-state index contributed by atoms with van der Waals surface area (Å²) in [5.74, 6) is -0.184. The summed E-state index contributed by atoms with van der Waals surface area (Å²) in [6.45, 7) is -0.0761. The van der Waals surface area contributed by atoms with Crippen molar-refractivity contribution in [3.05, 3.63) is 33.3 Å². The van der Waals surface area contributed by atoms with E-state index in [2.05, 4.69) is 19.2 Å². The molecule has 1 aliphatic rings. The Morgan fingerprint density at radius 3 is 2.00 bits per heavy atom. The molecule has 2 aromatic rings. The Hall–Kier alpha value is -1.91. The standard InChI is InChI=1S/C13H11F2N5OS2/c14-12(15)5-20-3-8(1-10-6-22-18-16-10)13(21)9(4-20)2-11-7-23-19-17-11/h1-2,6-7,12H,3-5H2/b8-1-,9-2-. The van der Waals surface area contributed by atoms with Crippen LogP contribution in [0.5, 0.6) is 0 Å². The molecule has 3 rings (SSSR count). The van der Waals surface area contributed by atoms with E-state index in [4.69, 9.17) is 0 Å². The molecule has 0 spiro atoms. The minimum atomic E-state index is -2.47. The molecule has 0 aliphatic carbocycles. The van der Waals surface area contributed by atoms with Gasteiger partial charge in [-0.05, 0) is 35.2 Å². The van der Waals surface area contributed by atoms with E-state index in [1.165, 1.54) is 4.90 Å².